The second-order valence-electron chi connectivity index (χ2n) is 15.6. The highest BCUT2D eigenvalue weighted by atomic mass is 16.3. The van der Waals surface area contributed by atoms with E-state index in [2.05, 4.69) is 126 Å². The third kappa shape index (κ3) is 6.49. The molecule has 0 fully saturated rings. The van der Waals surface area contributed by atoms with Crippen molar-refractivity contribution in [3.63, 3.8) is 0 Å². The van der Waals surface area contributed by atoms with Crippen LogP contribution < -0.4 is 4.90 Å². The molecule has 296 valence electrons. The Morgan fingerprint density at radius 1 is 0.302 bits per heavy atom. The largest absolute Gasteiger partial charge is 0.456 e. The Morgan fingerprint density at radius 3 is 1.54 bits per heavy atom. The molecule has 0 aliphatic heterocycles. The van der Waals surface area contributed by atoms with Crippen molar-refractivity contribution in [2.75, 3.05) is 4.90 Å². The van der Waals surface area contributed by atoms with Crippen LogP contribution in [0.5, 0.6) is 0 Å². The number of nitrogens with zero attached hydrogens (tertiary/aromatic N) is 4. The number of fused-ring (bicyclic) bond motifs is 6. The van der Waals surface area contributed by atoms with Gasteiger partial charge in [0.05, 0.1) is 11.1 Å². The van der Waals surface area contributed by atoms with Gasteiger partial charge in [-0.2, -0.15) is 0 Å². The zero-order chi connectivity index (χ0) is 41.7. The first-order chi connectivity index (χ1) is 31.2. The van der Waals surface area contributed by atoms with Gasteiger partial charge in [0.25, 0.3) is 0 Å². The van der Waals surface area contributed by atoms with Crippen molar-refractivity contribution in [2.24, 2.45) is 0 Å². The lowest BCUT2D eigenvalue weighted by molar-refractivity contribution is 0.668. The molecule has 6 heteroatoms. The molecule has 0 saturated carbocycles. The molecular weight excluding hydrogens is 773 g/mol. The van der Waals surface area contributed by atoms with Crippen LogP contribution in [0.15, 0.2) is 227 Å². The molecule has 3 aromatic heterocycles. The van der Waals surface area contributed by atoms with Gasteiger partial charge in [0.15, 0.2) is 17.5 Å². The molecule has 0 aliphatic rings. The molecule has 0 atom stereocenters. The first-order valence-corrected chi connectivity index (χ1v) is 21.0. The molecule has 0 bridgehead atoms. The molecular formula is C57H36N4O2. The van der Waals surface area contributed by atoms with Gasteiger partial charge in [-0.1, -0.05) is 158 Å². The topological polar surface area (TPSA) is 68.2 Å². The molecule has 63 heavy (non-hydrogen) atoms. The normalized spacial score (nSPS) is 11.5. The van der Waals surface area contributed by atoms with Gasteiger partial charge < -0.3 is 13.7 Å². The third-order valence-electron chi connectivity index (χ3n) is 11.7. The molecule has 0 unspecified atom stereocenters. The van der Waals surface area contributed by atoms with E-state index in [1.165, 1.54) is 5.56 Å². The molecule has 3 heterocycles. The maximum Gasteiger partial charge on any atom is 0.164 e. The number of hydrogen-bond acceptors (Lipinski definition) is 6. The van der Waals surface area contributed by atoms with Crippen LogP contribution in [0.25, 0.3) is 100 Å². The third-order valence-corrected chi connectivity index (χ3v) is 11.7. The summed E-state index contributed by atoms with van der Waals surface area (Å²) in [6.45, 7) is 0. The Bertz CT molecular complexity index is 3560. The number of furan rings is 2. The van der Waals surface area contributed by atoms with Gasteiger partial charge in [-0.25, -0.2) is 15.0 Å². The highest BCUT2D eigenvalue weighted by Gasteiger charge is 2.21. The summed E-state index contributed by atoms with van der Waals surface area (Å²) in [6, 6.07) is 75.2. The minimum Gasteiger partial charge on any atom is -0.456 e. The Labute approximate surface area is 363 Å². The molecule has 0 N–H and O–H groups in total. The van der Waals surface area contributed by atoms with Crippen LogP contribution in [-0.4, -0.2) is 15.0 Å². The fourth-order valence-electron chi connectivity index (χ4n) is 8.75. The molecule has 0 aliphatic carbocycles. The predicted molar refractivity (Wildman–Crippen MR) is 256 cm³/mol. The first-order valence-electron chi connectivity index (χ1n) is 21.0. The smallest absolute Gasteiger partial charge is 0.164 e. The summed E-state index contributed by atoms with van der Waals surface area (Å²) in [5.41, 5.74) is 13.5. The zero-order valence-corrected chi connectivity index (χ0v) is 33.9. The van der Waals surface area contributed by atoms with Crippen molar-refractivity contribution in [3.05, 3.63) is 218 Å². The van der Waals surface area contributed by atoms with Crippen molar-refractivity contribution < 1.29 is 8.83 Å². The number of benzene rings is 9. The Balaban J connectivity index is 0.979. The van der Waals surface area contributed by atoms with E-state index in [1.807, 2.05) is 97.1 Å². The molecule has 9 aromatic carbocycles. The predicted octanol–water partition coefficient (Wildman–Crippen LogP) is 15.5. The Kier molecular flexibility index (Phi) is 8.71. The van der Waals surface area contributed by atoms with Crippen molar-refractivity contribution in [2.45, 2.75) is 0 Å². The van der Waals surface area contributed by atoms with E-state index in [9.17, 15) is 0 Å². The Hall–Kier alpha value is -8.61. The molecule has 12 aromatic rings. The monoisotopic (exact) mass is 808 g/mol. The van der Waals surface area contributed by atoms with Gasteiger partial charge in [0, 0.05) is 44.2 Å². The Morgan fingerprint density at radius 2 is 0.810 bits per heavy atom. The number of rotatable bonds is 8. The minimum absolute atomic E-state index is 0.588. The summed E-state index contributed by atoms with van der Waals surface area (Å²) in [5.74, 6) is 1.82. The van der Waals surface area contributed by atoms with E-state index < -0.39 is 0 Å². The molecule has 6 nitrogen and oxygen atoms in total. The van der Waals surface area contributed by atoms with Crippen molar-refractivity contribution in [1.82, 2.24) is 15.0 Å². The van der Waals surface area contributed by atoms with E-state index in [-0.39, 0.29) is 0 Å². The van der Waals surface area contributed by atoms with Crippen LogP contribution in [0, 0.1) is 0 Å². The lowest BCUT2D eigenvalue weighted by Gasteiger charge is -2.27. The minimum atomic E-state index is 0.588. The fraction of sp³-hybridized carbons (Fsp3) is 0. The average Bonchev–Trinajstić information content (AvgIpc) is 3.94. The van der Waals surface area contributed by atoms with E-state index in [1.54, 1.807) is 0 Å². The first kappa shape index (κ1) is 36.3. The highest BCUT2D eigenvalue weighted by molar-refractivity contribution is 6.14. The van der Waals surface area contributed by atoms with E-state index in [0.29, 0.717) is 17.5 Å². The summed E-state index contributed by atoms with van der Waals surface area (Å²) in [6.07, 6.45) is 0. The van der Waals surface area contributed by atoms with Crippen molar-refractivity contribution in [1.29, 1.82) is 0 Å². The second kappa shape index (κ2) is 15.1. The molecule has 0 saturated heterocycles. The van der Waals surface area contributed by atoms with Crippen LogP contribution in [0.3, 0.4) is 0 Å². The van der Waals surface area contributed by atoms with E-state index in [4.69, 9.17) is 23.8 Å². The SMILES string of the molecule is c1ccc(-c2ccc(N(c3cccc(-c4ccc5c(c4)oc4cccc(-c6nc(-c7ccccc7)nc(-c7ccccc7)n6)c45)c3)c3cccc4oc5ccccc5c34)cc2)cc1. The molecule has 0 radical (unpaired) electrons. The molecule has 0 amide bonds. The van der Waals surface area contributed by atoms with Crippen LogP contribution in [0.4, 0.5) is 17.1 Å². The highest BCUT2D eigenvalue weighted by Crippen LogP contribution is 2.45. The zero-order valence-electron chi connectivity index (χ0n) is 33.9. The quantitative estimate of drug-likeness (QED) is 0.152. The number of aromatic nitrogens is 3. The van der Waals surface area contributed by atoms with Crippen LogP contribution in [0.1, 0.15) is 0 Å². The lowest BCUT2D eigenvalue weighted by Crippen LogP contribution is -2.10. The number of para-hydroxylation sites is 1. The number of hydrogen-bond donors (Lipinski definition) is 0. The van der Waals surface area contributed by atoms with Crippen LogP contribution in [-0.2, 0) is 0 Å². The maximum absolute atomic E-state index is 6.66. The molecule has 0 spiro atoms. The van der Waals surface area contributed by atoms with Gasteiger partial charge in [0.1, 0.15) is 22.3 Å². The van der Waals surface area contributed by atoms with Gasteiger partial charge in [-0.15, -0.1) is 0 Å². The van der Waals surface area contributed by atoms with E-state index in [0.717, 1.165) is 94.3 Å². The van der Waals surface area contributed by atoms with Gasteiger partial charge in [-0.05, 0) is 82.9 Å². The maximum atomic E-state index is 6.66. The van der Waals surface area contributed by atoms with Gasteiger partial charge in [-0.3, -0.25) is 0 Å². The lowest BCUT2D eigenvalue weighted by atomic mass is 10.00. The van der Waals surface area contributed by atoms with Crippen molar-refractivity contribution in [3.8, 4) is 56.4 Å². The van der Waals surface area contributed by atoms with Crippen LogP contribution in [0.2, 0.25) is 0 Å². The van der Waals surface area contributed by atoms with Crippen LogP contribution >= 0.6 is 0 Å². The summed E-state index contributed by atoms with van der Waals surface area (Å²) in [5, 5.41) is 4.09. The van der Waals surface area contributed by atoms with Gasteiger partial charge in [0.2, 0.25) is 0 Å². The fourth-order valence-corrected chi connectivity index (χ4v) is 8.75. The summed E-state index contributed by atoms with van der Waals surface area (Å²) < 4.78 is 13.1. The molecule has 12 rings (SSSR count). The number of anilines is 3. The second-order valence-corrected chi connectivity index (χ2v) is 15.6. The van der Waals surface area contributed by atoms with Gasteiger partial charge >= 0.3 is 0 Å². The van der Waals surface area contributed by atoms with Crippen molar-refractivity contribution >= 4 is 60.9 Å². The summed E-state index contributed by atoms with van der Waals surface area (Å²) >= 11 is 0. The average molecular weight is 809 g/mol. The summed E-state index contributed by atoms with van der Waals surface area (Å²) in [4.78, 5) is 17.4. The van der Waals surface area contributed by atoms with E-state index >= 15 is 0 Å². The standard InChI is InChI=1S/C57H36N4O2/c1-4-15-37(16-5-1)38-29-32-43(33-30-38)61(48-25-14-28-51-54(48)45-23-10-11-26-49(45)62-51)44-22-12-21-41(35-44)42-31-34-46-52(36-42)63-50-27-13-24-47(53(46)50)57-59-55(39-17-6-2-7-18-39)58-56(60-57)40-19-8-3-9-20-40/h1-36H. The summed E-state index contributed by atoms with van der Waals surface area (Å²) in [7, 11) is 0.